The van der Waals surface area contributed by atoms with Crippen LogP contribution in [0.4, 0.5) is 0 Å². The third kappa shape index (κ3) is 2.72. The van der Waals surface area contributed by atoms with Gasteiger partial charge in [0.2, 0.25) is 5.91 Å². The van der Waals surface area contributed by atoms with Gasteiger partial charge in [-0.1, -0.05) is 6.42 Å². The van der Waals surface area contributed by atoms with Crippen molar-refractivity contribution in [3.63, 3.8) is 0 Å². The van der Waals surface area contributed by atoms with Gasteiger partial charge in [0.1, 0.15) is 0 Å². The Hall–Kier alpha value is -0.220. The number of amides is 1. The maximum Gasteiger partial charge on any atom is 0.235 e. The van der Waals surface area contributed by atoms with Gasteiger partial charge in [-0.2, -0.15) is 0 Å². The largest absolute Gasteiger partial charge is 0.337 e. The highest BCUT2D eigenvalue weighted by Gasteiger charge is 2.33. The van der Waals surface area contributed by atoms with Gasteiger partial charge in [-0.15, -0.1) is 11.8 Å². The predicted octanol–water partition coefficient (Wildman–Crippen LogP) is 1.48. The molecule has 0 bridgehead atoms. The number of likely N-dealkylation sites (N-methyl/N-ethyl adjacent to an activating group) is 1. The minimum atomic E-state index is 0.256. The summed E-state index contributed by atoms with van der Waals surface area (Å²) in [6.45, 7) is 1.92. The molecule has 92 valence electrons. The SMILES string of the molecule is CNCC1CCCN1C(=O)C1CCCCS1. The van der Waals surface area contributed by atoms with Crippen LogP contribution >= 0.6 is 11.8 Å². The zero-order chi connectivity index (χ0) is 11.4. The molecule has 0 saturated carbocycles. The van der Waals surface area contributed by atoms with E-state index in [1.807, 2.05) is 18.8 Å². The molecule has 3 nitrogen and oxygen atoms in total. The molecule has 0 aromatic rings. The van der Waals surface area contributed by atoms with E-state index >= 15 is 0 Å². The molecule has 2 aliphatic rings. The van der Waals surface area contributed by atoms with Gasteiger partial charge >= 0.3 is 0 Å². The summed E-state index contributed by atoms with van der Waals surface area (Å²) in [5, 5.41) is 3.45. The molecule has 1 amide bonds. The van der Waals surface area contributed by atoms with E-state index < -0.39 is 0 Å². The summed E-state index contributed by atoms with van der Waals surface area (Å²) in [5.41, 5.74) is 0. The van der Waals surface area contributed by atoms with Gasteiger partial charge in [0.05, 0.1) is 5.25 Å². The molecule has 2 heterocycles. The van der Waals surface area contributed by atoms with Gasteiger partial charge in [0.15, 0.2) is 0 Å². The van der Waals surface area contributed by atoms with Crippen LogP contribution < -0.4 is 5.32 Å². The van der Waals surface area contributed by atoms with E-state index in [0.717, 1.165) is 19.5 Å². The van der Waals surface area contributed by atoms with Crippen LogP contribution in [0.2, 0.25) is 0 Å². The van der Waals surface area contributed by atoms with Gasteiger partial charge in [0.25, 0.3) is 0 Å². The van der Waals surface area contributed by atoms with Crippen LogP contribution in [0.25, 0.3) is 0 Å². The lowest BCUT2D eigenvalue weighted by atomic mass is 10.1. The Kier molecular flexibility index (Phi) is 4.53. The van der Waals surface area contributed by atoms with E-state index in [1.54, 1.807) is 0 Å². The number of nitrogens with zero attached hydrogens (tertiary/aromatic N) is 1. The lowest BCUT2D eigenvalue weighted by Gasteiger charge is -2.30. The molecule has 2 unspecified atom stereocenters. The number of likely N-dealkylation sites (tertiary alicyclic amines) is 1. The molecule has 2 saturated heterocycles. The van der Waals surface area contributed by atoms with Crippen LogP contribution in [0.3, 0.4) is 0 Å². The zero-order valence-electron chi connectivity index (χ0n) is 10.1. The first kappa shape index (κ1) is 12.2. The molecule has 0 spiro atoms. The second-order valence-electron chi connectivity index (χ2n) is 4.74. The van der Waals surface area contributed by atoms with Crippen molar-refractivity contribution in [1.82, 2.24) is 10.2 Å². The van der Waals surface area contributed by atoms with E-state index in [2.05, 4.69) is 10.2 Å². The van der Waals surface area contributed by atoms with Crippen LogP contribution in [-0.4, -0.2) is 48.0 Å². The molecule has 16 heavy (non-hydrogen) atoms. The van der Waals surface area contributed by atoms with Crippen molar-refractivity contribution in [1.29, 1.82) is 0 Å². The molecule has 2 rings (SSSR count). The number of carbonyl (C=O) groups excluding carboxylic acids is 1. The van der Waals surface area contributed by atoms with E-state index in [4.69, 9.17) is 0 Å². The van der Waals surface area contributed by atoms with Crippen molar-refractivity contribution >= 4 is 17.7 Å². The number of hydrogen-bond acceptors (Lipinski definition) is 3. The highest BCUT2D eigenvalue weighted by Crippen LogP contribution is 2.29. The molecule has 2 atom stereocenters. The monoisotopic (exact) mass is 242 g/mol. The lowest BCUT2D eigenvalue weighted by Crippen LogP contribution is -2.45. The number of thioether (sulfide) groups is 1. The molecule has 2 aliphatic heterocycles. The Morgan fingerprint density at radius 2 is 2.25 bits per heavy atom. The van der Waals surface area contributed by atoms with Crippen LogP contribution in [0.1, 0.15) is 32.1 Å². The van der Waals surface area contributed by atoms with Gasteiger partial charge < -0.3 is 10.2 Å². The van der Waals surface area contributed by atoms with Gasteiger partial charge in [-0.25, -0.2) is 0 Å². The number of carbonyl (C=O) groups is 1. The smallest absolute Gasteiger partial charge is 0.235 e. The Balaban J connectivity index is 1.91. The van der Waals surface area contributed by atoms with Gasteiger partial charge in [-0.3, -0.25) is 4.79 Å². The van der Waals surface area contributed by atoms with Crippen LogP contribution in [0.5, 0.6) is 0 Å². The second kappa shape index (κ2) is 5.92. The Morgan fingerprint density at radius 3 is 2.94 bits per heavy atom. The third-order valence-electron chi connectivity index (χ3n) is 3.56. The summed E-state index contributed by atoms with van der Waals surface area (Å²) in [5.74, 6) is 1.57. The maximum absolute atomic E-state index is 12.4. The minimum Gasteiger partial charge on any atom is -0.337 e. The number of nitrogens with one attached hydrogen (secondary N) is 1. The van der Waals surface area contributed by atoms with Crippen LogP contribution in [0.15, 0.2) is 0 Å². The number of hydrogen-bond donors (Lipinski definition) is 1. The molecular weight excluding hydrogens is 220 g/mol. The van der Waals surface area contributed by atoms with Crippen molar-refractivity contribution in [3.8, 4) is 0 Å². The minimum absolute atomic E-state index is 0.256. The molecule has 0 radical (unpaired) electrons. The quantitative estimate of drug-likeness (QED) is 0.813. The lowest BCUT2D eigenvalue weighted by molar-refractivity contribution is -0.131. The number of rotatable bonds is 3. The fraction of sp³-hybridized carbons (Fsp3) is 0.917. The van der Waals surface area contributed by atoms with Gasteiger partial charge in [0, 0.05) is 19.1 Å². The Bertz CT molecular complexity index is 241. The second-order valence-corrected chi connectivity index (χ2v) is 6.05. The van der Waals surface area contributed by atoms with Crippen molar-refractivity contribution in [2.75, 3.05) is 25.9 Å². The first-order chi connectivity index (χ1) is 7.83. The molecular formula is C12H22N2OS. The first-order valence-corrected chi connectivity index (χ1v) is 7.44. The first-order valence-electron chi connectivity index (χ1n) is 6.39. The van der Waals surface area contributed by atoms with E-state index in [-0.39, 0.29) is 5.25 Å². The zero-order valence-corrected chi connectivity index (χ0v) is 10.9. The highest BCUT2D eigenvalue weighted by molar-refractivity contribution is 8.00. The topological polar surface area (TPSA) is 32.3 Å². The molecule has 1 N–H and O–H groups in total. The van der Waals surface area contributed by atoms with Crippen LogP contribution in [-0.2, 0) is 4.79 Å². The molecule has 0 aliphatic carbocycles. The van der Waals surface area contributed by atoms with Crippen molar-refractivity contribution < 1.29 is 4.79 Å². The third-order valence-corrected chi connectivity index (χ3v) is 4.92. The van der Waals surface area contributed by atoms with Crippen molar-refractivity contribution in [2.24, 2.45) is 0 Å². The summed E-state index contributed by atoms with van der Waals surface area (Å²) in [6.07, 6.45) is 5.95. The molecule has 4 heteroatoms. The summed E-state index contributed by atoms with van der Waals surface area (Å²) in [7, 11) is 1.97. The summed E-state index contributed by atoms with van der Waals surface area (Å²) in [4.78, 5) is 14.5. The summed E-state index contributed by atoms with van der Waals surface area (Å²) in [6, 6.07) is 0.444. The van der Waals surface area contributed by atoms with Crippen molar-refractivity contribution in [3.05, 3.63) is 0 Å². The Labute approximate surface area is 102 Å². The van der Waals surface area contributed by atoms with Crippen LogP contribution in [0, 0.1) is 0 Å². The predicted molar refractivity (Wildman–Crippen MR) is 68.8 cm³/mol. The standard InChI is InChI=1S/C12H22N2OS/c1-13-9-10-5-4-7-14(10)12(15)11-6-2-3-8-16-11/h10-11,13H,2-9H2,1H3. The fourth-order valence-electron chi connectivity index (χ4n) is 2.69. The van der Waals surface area contributed by atoms with E-state index in [0.29, 0.717) is 11.9 Å². The summed E-state index contributed by atoms with van der Waals surface area (Å²) < 4.78 is 0. The maximum atomic E-state index is 12.4. The van der Waals surface area contributed by atoms with Gasteiger partial charge in [-0.05, 0) is 38.5 Å². The molecule has 2 fully saturated rings. The highest BCUT2D eigenvalue weighted by atomic mass is 32.2. The Morgan fingerprint density at radius 1 is 1.38 bits per heavy atom. The van der Waals surface area contributed by atoms with E-state index in [9.17, 15) is 4.79 Å². The normalized spacial score (nSPS) is 30.7. The van der Waals surface area contributed by atoms with E-state index in [1.165, 1.54) is 31.4 Å². The van der Waals surface area contributed by atoms with Crippen molar-refractivity contribution in [2.45, 2.75) is 43.4 Å². The average Bonchev–Trinajstić information content (AvgIpc) is 2.78. The molecule has 0 aromatic heterocycles. The fourth-order valence-corrected chi connectivity index (χ4v) is 3.96. The summed E-state index contributed by atoms with van der Waals surface area (Å²) >= 11 is 1.87. The molecule has 0 aromatic carbocycles. The average molecular weight is 242 g/mol.